The minimum atomic E-state index is 0.339. The largest absolute Gasteiger partial charge is 0.337 e. The highest BCUT2D eigenvalue weighted by atomic mass is 16.2. The Labute approximate surface area is 134 Å². The zero-order valence-corrected chi connectivity index (χ0v) is 14.2. The van der Waals surface area contributed by atoms with Crippen LogP contribution in [0, 0.1) is 6.92 Å². The van der Waals surface area contributed by atoms with Gasteiger partial charge in [-0.15, -0.1) is 0 Å². The fourth-order valence-corrected chi connectivity index (χ4v) is 4.17. The number of likely N-dealkylation sites (tertiary alicyclic amines) is 1. The van der Waals surface area contributed by atoms with Crippen LogP contribution in [0.1, 0.15) is 56.1 Å². The number of quaternary nitrogens is 1. The van der Waals surface area contributed by atoms with E-state index in [0.717, 1.165) is 25.8 Å². The van der Waals surface area contributed by atoms with Crippen LogP contribution in [0.4, 0.5) is 5.69 Å². The van der Waals surface area contributed by atoms with E-state index in [0.29, 0.717) is 24.3 Å². The molecule has 1 N–H and O–H groups in total. The molecule has 1 aromatic rings. The van der Waals surface area contributed by atoms with E-state index in [9.17, 15) is 4.79 Å². The van der Waals surface area contributed by atoms with Gasteiger partial charge < -0.3 is 9.80 Å². The fourth-order valence-electron chi connectivity index (χ4n) is 4.17. The molecule has 2 aliphatic heterocycles. The summed E-state index contributed by atoms with van der Waals surface area (Å²) in [6.07, 6.45) is 5.18. The number of carbonyl (C=O) groups is 1. The Kier molecular flexibility index (Phi) is 4.53. The van der Waals surface area contributed by atoms with Crippen molar-refractivity contribution in [2.75, 3.05) is 25.0 Å². The second kappa shape index (κ2) is 6.41. The maximum absolute atomic E-state index is 12.8. The van der Waals surface area contributed by atoms with E-state index < -0.39 is 0 Å². The first-order chi connectivity index (χ1) is 10.6. The first kappa shape index (κ1) is 15.5. The van der Waals surface area contributed by atoms with Crippen molar-refractivity contribution in [2.45, 2.75) is 57.9 Å². The second-order valence-electron chi connectivity index (χ2n) is 7.16. The Morgan fingerprint density at radius 3 is 2.95 bits per heavy atom. The number of hydrogen-bond acceptors (Lipinski definition) is 1. The molecular weight excluding hydrogens is 272 g/mol. The standard InChI is InChI=1S/C19H28N2O/c1-4-5-6-7-19(22)21-17-9-8-14(2)12-15(17)16-13-20(3)11-10-18(16)21/h8-9,12,16,18H,4-7,10-11,13H2,1-3H3/p+1/t16-,18+/m0/s1. The molecule has 3 heteroatoms. The van der Waals surface area contributed by atoms with E-state index in [1.807, 2.05) is 0 Å². The van der Waals surface area contributed by atoms with Gasteiger partial charge in [-0.1, -0.05) is 37.5 Å². The zero-order chi connectivity index (χ0) is 15.7. The van der Waals surface area contributed by atoms with Gasteiger partial charge in [0.2, 0.25) is 5.91 Å². The van der Waals surface area contributed by atoms with Crippen LogP contribution in [-0.4, -0.2) is 32.1 Å². The summed E-state index contributed by atoms with van der Waals surface area (Å²) in [4.78, 5) is 16.6. The minimum Gasteiger partial charge on any atom is -0.337 e. The van der Waals surface area contributed by atoms with E-state index in [1.165, 1.54) is 29.8 Å². The lowest BCUT2D eigenvalue weighted by Crippen LogP contribution is -3.11. The van der Waals surface area contributed by atoms with Gasteiger partial charge in [-0.2, -0.15) is 0 Å². The predicted octanol–water partition coefficient (Wildman–Crippen LogP) is 2.29. The summed E-state index contributed by atoms with van der Waals surface area (Å²) in [7, 11) is 2.28. The molecule has 3 nitrogen and oxygen atoms in total. The molecule has 0 radical (unpaired) electrons. The van der Waals surface area contributed by atoms with Crippen LogP contribution in [0.2, 0.25) is 0 Å². The molecule has 0 aliphatic carbocycles. The van der Waals surface area contributed by atoms with Crippen LogP contribution in [0.15, 0.2) is 18.2 Å². The van der Waals surface area contributed by atoms with E-state index in [-0.39, 0.29) is 0 Å². The van der Waals surface area contributed by atoms with Crippen molar-refractivity contribution in [3.8, 4) is 0 Å². The quantitative estimate of drug-likeness (QED) is 0.848. The molecule has 3 atom stereocenters. The number of hydrogen-bond donors (Lipinski definition) is 1. The van der Waals surface area contributed by atoms with E-state index in [1.54, 1.807) is 4.90 Å². The second-order valence-corrected chi connectivity index (χ2v) is 7.16. The monoisotopic (exact) mass is 301 g/mol. The number of likely N-dealkylation sites (N-methyl/N-ethyl adjacent to an activating group) is 1. The van der Waals surface area contributed by atoms with Crippen molar-refractivity contribution in [3.05, 3.63) is 29.3 Å². The predicted molar refractivity (Wildman–Crippen MR) is 90.6 cm³/mol. The number of unbranched alkanes of at least 4 members (excludes halogenated alkanes) is 2. The summed E-state index contributed by atoms with van der Waals surface area (Å²) >= 11 is 0. The highest BCUT2D eigenvalue weighted by molar-refractivity contribution is 5.96. The lowest BCUT2D eigenvalue weighted by atomic mass is 9.89. The van der Waals surface area contributed by atoms with Gasteiger partial charge in [0.15, 0.2) is 0 Å². The van der Waals surface area contributed by atoms with Crippen LogP contribution in [0.3, 0.4) is 0 Å². The molecule has 0 saturated carbocycles. The number of nitrogens with one attached hydrogen (secondary N) is 1. The van der Waals surface area contributed by atoms with E-state index >= 15 is 0 Å². The van der Waals surface area contributed by atoms with Crippen molar-refractivity contribution >= 4 is 11.6 Å². The van der Waals surface area contributed by atoms with Crippen LogP contribution >= 0.6 is 0 Å². The number of benzene rings is 1. The van der Waals surface area contributed by atoms with Gasteiger partial charge in [-0.25, -0.2) is 0 Å². The third-order valence-electron chi connectivity index (χ3n) is 5.34. The molecule has 1 saturated heterocycles. The molecule has 2 aliphatic rings. The normalized spacial score (nSPS) is 26.7. The van der Waals surface area contributed by atoms with Crippen LogP contribution in [0.5, 0.6) is 0 Å². The molecule has 1 aromatic carbocycles. The minimum absolute atomic E-state index is 0.339. The Hall–Kier alpha value is -1.35. The summed E-state index contributed by atoms with van der Waals surface area (Å²) in [5.74, 6) is 0.865. The molecule has 1 fully saturated rings. The summed E-state index contributed by atoms with van der Waals surface area (Å²) in [6, 6.07) is 7.04. The number of fused-ring (bicyclic) bond motifs is 3. The van der Waals surface area contributed by atoms with Crippen molar-refractivity contribution in [2.24, 2.45) is 0 Å². The summed E-state index contributed by atoms with van der Waals surface area (Å²) < 4.78 is 0. The highest BCUT2D eigenvalue weighted by Crippen LogP contribution is 2.43. The number of aryl methyl sites for hydroxylation is 1. The molecule has 0 bridgehead atoms. The van der Waals surface area contributed by atoms with E-state index in [4.69, 9.17) is 0 Å². The molecule has 22 heavy (non-hydrogen) atoms. The number of anilines is 1. The smallest absolute Gasteiger partial charge is 0.227 e. The number of piperidine rings is 1. The molecule has 120 valence electrons. The Morgan fingerprint density at radius 2 is 2.18 bits per heavy atom. The van der Waals surface area contributed by atoms with Crippen molar-refractivity contribution in [1.82, 2.24) is 0 Å². The highest BCUT2D eigenvalue weighted by Gasteiger charge is 2.45. The maximum Gasteiger partial charge on any atom is 0.227 e. The molecule has 0 spiro atoms. The molecule has 1 amide bonds. The average molecular weight is 301 g/mol. The molecule has 2 heterocycles. The van der Waals surface area contributed by atoms with E-state index in [2.05, 4.69) is 44.0 Å². The first-order valence-corrected chi connectivity index (χ1v) is 8.85. The Balaban J connectivity index is 1.88. The van der Waals surface area contributed by atoms with Crippen LogP contribution in [0.25, 0.3) is 0 Å². The number of rotatable bonds is 4. The number of nitrogens with zero attached hydrogens (tertiary/aromatic N) is 1. The van der Waals surface area contributed by atoms with Gasteiger partial charge in [-0.3, -0.25) is 4.79 Å². The molecular formula is C19H29N2O+. The Morgan fingerprint density at radius 1 is 1.36 bits per heavy atom. The summed E-state index contributed by atoms with van der Waals surface area (Å²) in [6.45, 7) is 6.67. The van der Waals surface area contributed by atoms with Crippen LogP contribution < -0.4 is 9.80 Å². The third-order valence-corrected chi connectivity index (χ3v) is 5.34. The van der Waals surface area contributed by atoms with Gasteiger partial charge in [0, 0.05) is 18.5 Å². The number of amides is 1. The van der Waals surface area contributed by atoms with Gasteiger partial charge in [0.25, 0.3) is 0 Å². The molecule has 1 unspecified atom stereocenters. The zero-order valence-electron chi connectivity index (χ0n) is 14.2. The third kappa shape index (κ3) is 2.79. The topological polar surface area (TPSA) is 24.8 Å². The fraction of sp³-hybridized carbons (Fsp3) is 0.632. The summed E-state index contributed by atoms with van der Waals surface area (Å²) in [5.41, 5.74) is 3.91. The molecule has 0 aromatic heterocycles. The van der Waals surface area contributed by atoms with Gasteiger partial charge in [-0.05, 0) is 25.0 Å². The van der Waals surface area contributed by atoms with Crippen molar-refractivity contribution < 1.29 is 9.69 Å². The Bertz CT molecular complexity index is 554. The average Bonchev–Trinajstić information content (AvgIpc) is 2.80. The maximum atomic E-state index is 12.8. The van der Waals surface area contributed by atoms with Gasteiger partial charge in [0.1, 0.15) is 0 Å². The lowest BCUT2D eigenvalue weighted by Gasteiger charge is -2.34. The number of carbonyl (C=O) groups excluding carboxylic acids is 1. The van der Waals surface area contributed by atoms with Gasteiger partial charge >= 0.3 is 0 Å². The SMILES string of the molecule is CCCCCC(=O)N1c2ccc(C)cc2[C@@H]2C[NH+](C)CC[C@H]21. The van der Waals surface area contributed by atoms with Gasteiger partial charge in [0.05, 0.1) is 32.1 Å². The molecule has 3 rings (SSSR count). The summed E-state index contributed by atoms with van der Waals surface area (Å²) in [5, 5.41) is 0. The first-order valence-electron chi connectivity index (χ1n) is 8.85. The van der Waals surface area contributed by atoms with Crippen molar-refractivity contribution in [3.63, 3.8) is 0 Å². The van der Waals surface area contributed by atoms with Crippen molar-refractivity contribution in [1.29, 1.82) is 0 Å². The lowest BCUT2D eigenvalue weighted by molar-refractivity contribution is -0.886. The van der Waals surface area contributed by atoms with Crippen LogP contribution in [-0.2, 0) is 4.79 Å².